The second-order valence-corrected chi connectivity index (χ2v) is 10.0. The van der Waals surface area contributed by atoms with Crippen LogP contribution in [-0.4, -0.2) is 22.4 Å². The quantitative estimate of drug-likeness (QED) is 0.333. The molecule has 0 unspecified atom stereocenters. The molecule has 0 aliphatic rings. The van der Waals surface area contributed by atoms with Crippen LogP contribution in [0.25, 0.3) is 0 Å². The maximum atomic E-state index is 9.38. The van der Waals surface area contributed by atoms with E-state index in [2.05, 4.69) is 117 Å². The van der Waals surface area contributed by atoms with Gasteiger partial charge < -0.3 is 10.2 Å². The van der Waals surface area contributed by atoms with Gasteiger partial charge in [-0.3, -0.25) is 0 Å². The summed E-state index contributed by atoms with van der Waals surface area (Å²) in [5.74, 6) is 1.06. The highest BCUT2D eigenvalue weighted by atomic mass is 31.1. The van der Waals surface area contributed by atoms with Crippen molar-refractivity contribution in [2.24, 2.45) is 10.2 Å². The Morgan fingerprint density at radius 2 is 1.12 bits per heavy atom. The molecule has 0 atom stereocenters. The molecular formula is C26H29N2O4P. The van der Waals surface area contributed by atoms with Gasteiger partial charge in [0.25, 0.3) is 0 Å². The molecule has 3 aromatic carbocycles. The van der Waals surface area contributed by atoms with E-state index >= 15 is 0 Å². The van der Waals surface area contributed by atoms with Gasteiger partial charge in [0.15, 0.2) is 0 Å². The summed E-state index contributed by atoms with van der Waals surface area (Å²) >= 11 is 0. The largest absolute Gasteiger partial charge is 0.462 e. The van der Waals surface area contributed by atoms with E-state index in [0.717, 1.165) is 0 Å². The van der Waals surface area contributed by atoms with Crippen molar-refractivity contribution in [1.82, 2.24) is 0 Å². The Morgan fingerprint density at radius 1 is 0.667 bits per heavy atom. The predicted molar refractivity (Wildman–Crippen MR) is 134 cm³/mol. The van der Waals surface area contributed by atoms with Crippen molar-refractivity contribution in [2.75, 3.05) is 0 Å². The lowest BCUT2D eigenvalue weighted by atomic mass is 9.91. The fourth-order valence-corrected chi connectivity index (χ4v) is 6.22. The zero-order chi connectivity index (χ0) is 24.4. The number of nitrogens with zero attached hydrogens (tertiary/aromatic N) is 2. The smallest absolute Gasteiger partial charge is 0.450 e. The Balaban J connectivity index is 0.000000414. The average molecular weight is 465 g/mol. The first-order valence-corrected chi connectivity index (χ1v) is 12.0. The SMILES string of the molecule is CC(C)c1cccc(P(c2ccccc2)c2ccccc2)c1C(C)C.O=C(O)N=NC(=O)O. The van der Waals surface area contributed by atoms with E-state index in [4.69, 9.17) is 10.2 Å². The van der Waals surface area contributed by atoms with Crippen LogP contribution in [0, 0.1) is 0 Å². The van der Waals surface area contributed by atoms with Gasteiger partial charge in [0, 0.05) is 0 Å². The highest BCUT2D eigenvalue weighted by Gasteiger charge is 2.23. The van der Waals surface area contributed by atoms with Gasteiger partial charge in [-0.1, -0.05) is 117 Å². The average Bonchev–Trinajstić information content (AvgIpc) is 2.79. The van der Waals surface area contributed by atoms with E-state index in [0.29, 0.717) is 11.8 Å². The number of carboxylic acid groups (broad SMARTS) is 2. The first-order chi connectivity index (χ1) is 15.7. The number of rotatable bonds is 5. The number of carbonyl (C=O) groups is 2. The predicted octanol–water partition coefficient (Wildman–Crippen LogP) is 6.49. The van der Waals surface area contributed by atoms with Crippen LogP contribution in [0.5, 0.6) is 0 Å². The number of benzene rings is 3. The van der Waals surface area contributed by atoms with Gasteiger partial charge >= 0.3 is 12.2 Å². The molecule has 2 amide bonds. The Bertz CT molecular complexity index is 1030. The van der Waals surface area contributed by atoms with Crippen LogP contribution in [0.3, 0.4) is 0 Å². The molecule has 0 aromatic heterocycles. The van der Waals surface area contributed by atoms with Gasteiger partial charge in [-0.15, -0.1) is 0 Å². The van der Waals surface area contributed by atoms with Gasteiger partial charge in [0.05, 0.1) is 0 Å². The van der Waals surface area contributed by atoms with Crippen LogP contribution in [-0.2, 0) is 0 Å². The fraction of sp³-hybridized carbons (Fsp3) is 0.231. The van der Waals surface area contributed by atoms with Gasteiger partial charge in [-0.2, -0.15) is 0 Å². The molecule has 0 fully saturated rings. The lowest BCUT2D eigenvalue weighted by molar-refractivity contribution is 0.194. The summed E-state index contributed by atoms with van der Waals surface area (Å²) in [4.78, 5) is 18.8. The summed E-state index contributed by atoms with van der Waals surface area (Å²) in [6, 6.07) is 28.9. The van der Waals surface area contributed by atoms with E-state index in [1.807, 2.05) is 0 Å². The standard InChI is InChI=1S/C24H27P.C2H2N2O4/c1-18(2)22-16-11-17-23(24(22)19(3)4)25(20-12-7-5-8-13-20)21-14-9-6-10-15-21;5-1(6)3-4-2(7)8/h5-19H,1-4H3;(H,5,6)(H,7,8). The number of hydrogen-bond donors (Lipinski definition) is 2. The minimum absolute atomic E-state index is 0.519. The summed E-state index contributed by atoms with van der Waals surface area (Å²) in [5, 5.41) is 24.2. The lowest BCUT2D eigenvalue weighted by Gasteiger charge is -2.27. The molecule has 172 valence electrons. The number of azo groups is 1. The van der Waals surface area contributed by atoms with Gasteiger partial charge in [0.2, 0.25) is 0 Å². The van der Waals surface area contributed by atoms with Crippen LogP contribution in [0.2, 0.25) is 0 Å². The van der Waals surface area contributed by atoms with E-state index in [1.54, 1.807) is 0 Å². The molecule has 0 bridgehead atoms. The summed E-state index contributed by atoms with van der Waals surface area (Å²) in [6.07, 6.45) is -3.24. The maximum Gasteiger partial charge on any atom is 0.450 e. The Morgan fingerprint density at radius 3 is 1.48 bits per heavy atom. The van der Waals surface area contributed by atoms with E-state index < -0.39 is 20.1 Å². The van der Waals surface area contributed by atoms with Crippen molar-refractivity contribution in [3.05, 3.63) is 90.0 Å². The van der Waals surface area contributed by atoms with Crippen molar-refractivity contribution >= 4 is 36.0 Å². The van der Waals surface area contributed by atoms with E-state index in [-0.39, 0.29) is 0 Å². The molecule has 0 saturated carbocycles. The third-order valence-electron chi connectivity index (χ3n) is 4.81. The molecular weight excluding hydrogens is 435 g/mol. The number of amides is 2. The molecule has 6 nitrogen and oxygen atoms in total. The first kappa shape index (κ1) is 25.9. The van der Waals surface area contributed by atoms with Gasteiger partial charge in [-0.25, -0.2) is 9.59 Å². The van der Waals surface area contributed by atoms with Crippen LogP contribution < -0.4 is 15.9 Å². The van der Waals surface area contributed by atoms with Crippen molar-refractivity contribution in [2.45, 2.75) is 39.5 Å². The van der Waals surface area contributed by atoms with Crippen molar-refractivity contribution in [3.8, 4) is 0 Å². The summed E-state index contributed by atoms with van der Waals surface area (Å²) in [7, 11) is -0.540. The van der Waals surface area contributed by atoms with Crippen LogP contribution in [0.15, 0.2) is 89.1 Å². The normalized spacial score (nSPS) is 11.0. The summed E-state index contributed by atoms with van der Waals surface area (Å²) in [6.45, 7) is 9.26. The number of hydrogen-bond acceptors (Lipinski definition) is 2. The summed E-state index contributed by atoms with van der Waals surface area (Å²) < 4.78 is 0. The Kier molecular flexibility index (Phi) is 9.89. The minimum atomic E-state index is -1.62. The van der Waals surface area contributed by atoms with Crippen molar-refractivity contribution < 1.29 is 19.8 Å². The van der Waals surface area contributed by atoms with Crippen LogP contribution in [0.4, 0.5) is 9.59 Å². The molecule has 0 aliphatic heterocycles. The minimum Gasteiger partial charge on any atom is -0.462 e. The van der Waals surface area contributed by atoms with Gasteiger partial charge in [-0.05, 0) is 46.8 Å². The third kappa shape index (κ3) is 7.62. The first-order valence-electron chi connectivity index (χ1n) is 10.6. The monoisotopic (exact) mass is 464 g/mol. The fourth-order valence-electron chi connectivity index (χ4n) is 3.56. The molecule has 3 aromatic rings. The molecule has 0 spiro atoms. The van der Waals surface area contributed by atoms with Crippen molar-refractivity contribution in [1.29, 1.82) is 0 Å². The molecule has 0 saturated heterocycles. The van der Waals surface area contributed by atoms with Crippen molar-refractivity contribution in [3.63, 3.8) is 0 Å². The Labute approximate surface area is 195 Å². The van der Waals surface area contributed by atoms with Gasteiger partial charge in [0.1, 0.15) is 0 Å². The Hall–Kier alpha value is -3.37. The second kappa shape index (κ2) is 12.6. The van der Waals surface area contributed by atoms with E-state index in [9.17, 15) is 9.59 Å². The highest BCUT2D eigenvalue weighted by Crippen LogP contribution is 2.38. The topological polar surface area (TPSA) is 99.3 Å². The second-order valence-electron chi connectivity index (χ2n) is 7.86. The summed E-state index contributed by atoms with van der Waals surface area (Å²) in [5.41, 5.74) is 3.03. The lowest BCUT2D eigenvalue weighted by Crippen LogP contribution is -2.25. The molecule has 7 heteroatoms. The van der Waals surface area contributed by atoms with E-state index in [1.165, 1.54) is 27.0 Å². The molecule has 2 N–H and O–H groups in total. The molecule has 33 heavy (non-hydrogen) atoms. The molecule has 3 rings (SSSR count). The highest BCUT2D eigenvalue weighted by molar-refractivity contribution is 7.79. The molecule has 0 heterocycles. The van der Waals surface area contributed by atoms with Crippen LogP contribution in [0.1, 0.15) is 50.7 Å². The molecule has 0 aliphatic carbocycles. The third-order valence-corrected chi connectivity index (χ3v) is 7.31. The zero-order valence-electron chi connectivity index (χ0n) is 19.2. The molecule has 0 radical (unpaired) electrons. The van der Waals surface area contributed by atoms with Crippen LogP contribution >= 0.6 is 7.92 Å². The zero-order valence-corrected chi connectivity index (χ0v) is 20.1. The maximum absolute atomic E-state index is 9.38.